The molecule has 1 aliphatic rings. The molecule has 6 heteroatoms. The first-order valence-electron chi connectivity index (χ1n) is 7.44. The molecule has 2 aromatic rings. The van der Waals surface area contributed by atoms with Crippen molar-refractivity contribution in [3.8, 4) is 0 Å². The average Bonchev–Trinajstić information content (AvgIpc) is 3.18. The first-order chi connectivity index (χ1) is 10.2. The molecule has 1 fully saturated rings. The minimum absolute atomic E-state index is 0.0155. The highest BCUT2D eigenvalue weighted by molar-refractivity contribution is 5.92. The van der Waals surface area contributed by atoms with Gasteiger partial charge in [-0.05, 0) is 30.9 Å². The summed E-state index contributed by atoms with van der Waals surface area (Å²) in [5, 5.41) is 10.1. The third-order valence-corrected chi connectivity index (χ3v) is 4.12. The predicted octanol–water partition coefficient (Wildman–Crippen LogP) is 2.57. The number of nitrogens with one attached hydrogen (secondary N) is 1. The van der Waals surface area contributed by atoms with Gasteiger partial charge in [0, 0.05) is 13.0 Å². The highest BCUT2D eigenvalue weighted by atomic mass is 16.3. The Bertz CT molecular complexity index is 605. The van der Waals surface area contributed by atoms with Gasteiger partial charge in [-0.15, -0.1) is 0 Å². The van der Waals surface area contributed by atoms with E-state index in [4.69, 9.17) is 4.42 Å². The molecule has 21 heavy (non-hydrogen) atoms. The number of nitrogens with zero attached hydrogens (tertiary/aromatic N) is 3. The fourth-order valence-corrected chi connectivity index (χ4v) is 2.87. The molecule has 3 heterocycles. The fourth-order valence-electron chi connectivity index (χ4n) is 2.87. The summed E-state index contributed by atoms with van der Waals surface area (Å²) < 4.78 is 5.88. The number of aromatic nitrogens is 3. The van der Waals surface area contributed by atoms with Gasteiger partial charge in [0.05, 0.1) is 12.2 Å². The zero-order valence-electron chi connectivity index (χ0n) is 12.4. The lowest BCUT2D eigenvalue weighted by atomic mass is 9.91. The summed E-state index contributed by atoms with van der Waals surface area (Å²) >= 11 is 0. The van der Waals surface area contributed by atoms with E-state index in [0.29, 0.717) is 11.6 Å². The van der Waals surface area contributed by atoms with Crippen molar-refractivity contribution in [3.63, 3.8) is 0 Å². The second-order valence-electron chi connectivity index (χ2n) is 5.66. The average molecular weight is 288 g/mol. The van der Waals surface area contributed by atoms with Gasteiger partial charge >= 0.3 is 0 Å². The van der Waals surface area contributed by atoms with Crippen molar-refractivity contribution in [1.29, 1.82) is 0 Å². The molecule has 112 valence electrons. The van der Waals surface area contributed by atoms with Crippen LogP contribution in [0.25, 0.3) is 0 Å². The molecule has 1 saturated heterocycles. The van der Waals surface area contributed by atoms with Crippen LogP contribution in [0.5, 0.6) is 0 Å². The number of likely N-dealkylation sites (tertiary alicyclic amines) is 1. The highest BCUT2D eigenvalue weighted by Crippen LogP contribution is 2.35. The standard InChI is InChI=1S/C15H20N4O2/c1-3-11-4-5-14(21-11)13-8-10(2)6-7-19(13)15(20)12-9-16-18-17-12/h4-5,9-10,13H,3,6-8H2,1-2H3,(H,16,17,18)/t10-,13+/m1/s1. The Labute approximate surface area is 123 Å². The van der Waals surface area contributed by atoms with Gasteiger partial charge in [-0.3, -0.25) is 4.79 Å². The summed E-state index contributed by atoms with van der Waals surface area (Å²) in [5.41, 5.74) is 0.358. The van der Waals surface area contributed by atoms with E-state index < -0.39 is 0 Å². The summed E-state index contributed by atoms with van der Waals surface area (Å²) in [6, 6.07) is 3.97. The molecule has 6 nitrogen and oxygen atoms in total. The van der Waals surface area contributed by atoms with Crippen molar-refractivity contribution < 1.29 is 9.21 Å². The van der Waals surface area contributed by atoms with Crippen LogP contribution >= 0.6 is 0 Å². The van der Waals surface area contributed by atoms with Gasteiger partial charge in [0.15, 0.2) is 5.69 Å². The minimum Gasteiger partial charge on any atom is -0.464 e. The van der Waals surface area contributed by atoms with Crippen molar-refractivity contribution in [2.45, 2.75) is 39.2 Å². The molecule has 1 N–H and O–H groups in total. The Kier molecular flexibility index (Phi) is 3.77. The molecule has 0 aliphatic carbocycles. The molecule has 2 atom stereocenters. The number of furan rings is 1. The summed E-state index contributed by atoms with van der Waals surface area (Å²) in [5.74, 6) is 2.31. The number of hydrogen-bond donors (Lipinski definition) is 1. The van der Waals surface area contributed by atoms with Gasteiger partial charge in [0.25, 0.3) is 5.91 Å². The molecule has 2 aromatic heterocycles. The Morgan fingerprint density at radius 1 is 1.52 bits per heavy atom. The summed E-state index contributed by atoms with van der Waals surface area (Å²) in [6.07, 6.45) is 4.25. The number of aromatic amines is 1. The van der Waals surface area contributed by atoms with Crippen LogP contribution in [0.2, 0.25) is 0 Å². The van der Waals surface area contributed by atoms with Crippen LogP contribution < -0.4 is 0 Å². The van der Waals surface area contributed by atoms with Crippen LogP contribution in [0.4, 0.5) is 0 Å². The highest BCUT2D eigenvalue weighted by Gasteiger charge is 2.34. The lowest BCUT2D eigenvalue weighted by Crippen LogP contribution is -2.40. The summed E-state index contributed by atoms with van der Waals surface area (Å²) in [4.78, 5) is 14.4. The number of aryl methyl sites for hydroxylation is 1. The number of hydrogen-bond acceptors (Lipinski definition) is 4. The van der Waals surface area contributed by atoms with Crippen LogP contribution in [0, 0.1) is 5.92 Å². The molecule has 0 saturated carbocycles. The van der Waals surface area contributed by atoms with E-state index in [1.54, 1.807) is 0 Å². The van der Waals surface area contributed by atoms with Crippen LogP contribution in [0.3, 0.4) is 0 Å². The summed E-state index contributed by atoms with van der Waals surface area (Å²) in [7, 11) is 0. The van der Waals surface area contributed by atoms with Crippen molar-refractivity contribution in [2.75, 3.05) is 6.54 Å². The maximum atomic E-state index is 12.6. The Balaban J connectivity index is 1.87. The van der Waals surface area contributed by atoms with Gasteiger partial charge in [-0.2, -0.15) is 15.4 Å². The predicted molar refractivity (Wildman–Crippen MR) is 76.6 cm³/mol. The van der Waals surface area contributed by atoms with Gasteiger partial charge in [-0.25, -0.2) is 0 Å². The van der Waals surface area contributed by atoms with E-state index in [0.717, 1.165) is 37.3 Å². The molecule has 0 spiro atoms. The molecule has 3 rings (SSSR count). The van der Waals surface area contributed by atoms with Crippen LogP contribution in [0.15, 0.2) is 22.7 Å². The first kappa shape index (κ1) is 13.9. The quantitative estimate of drug-likeness (QED) is 0.942. The number of piperidine rings is 1. The third-order valence-electron chi connectivity index (χ3n) is 4.12. The first-order valence-corrected chi connectivity index (χ1v) is 7.44. The lowest BCUT2D eigenvalue weighted by Gasteiger charge is -2.37. The zero-order valence-corrected chi connectivity index (χ0v) is 12.4. The molecule has 0 unspecified atom stereocenters. The maximum absolute atomic E-state index is 12.6. The summed E-state index contributed by atoms with van der Waals surface area (Å²) in [6.45, 7) is 5.00. The van der Waals surface area contributed by atoms with E-state index in [2.05, 4.69) is 29.3 Å². The largest absolute Gasteiger partial charge is 0.464 e. The molecular weight excluding hydrogens is 268 g/mol. The number of carbonyl (C=O) groups is 1. The minimum atomic E-state index is -0.0879. The second kappa shape index (κ2) is 5.71. The molecular formula is C15H20N4O2. The van der Waals surface area contributed by atoms with Crippen molar-refractivity contribution in [1.82, 2.24) is 20.3 Å². The van der Waals surface area contributed by atoms with Crippen molar-refractivity contribution >= 4 is 5.91 Å². The molecule has 1 amide bonds. The second-order valence-corrected chi connectivity index (χ2v) is 5.66. The molecule has 1 aliphatic heterocycles. The zero-order chi connectivity index (χ0) is 14.8. The van der Waals surface area contributed by atoms with Crippen LogP contribution in [-0.4, -0.2) is 32.8 Å². The third kappa shape index (κ3) is 2.70. The molecule has 0 bridgehead atoms. The normalized spacial score (nSPS) is 22.5. The van der Waals surface area contributed by atoms with E-state index in [1.807, 2.05) is 17.0 Å². The number of H-pyrrole nitrogens is 1. The number of rotatable bonds is 3. The van der Waals surface area contributed by atoms with Crippen LogP contribution in [0.1, 0.15) is 54.7 Å². The maximum Gasteiger partial charge on any atom is 0.276 e. The number of carbonyl (C=O) groups excluding carboxylic acids is 1. The van der Waals surface area contributed by atoms with E-state index in [9.17, 15) is 4.79 Å². The van der Waals surface area contributed by atoms with Gasteiger partial charge in [-0.1, -0.05) is 13.8 Å². The SMILES string of the molecule is CCc1ccc([C@@H]2C[C@H](C)CCN2C(=O)c2cn[nH]n2)o1. The topological polar surface area (TPSA) is 75.0 Å². The Hall–Kier alpha value is -2.11. The van der Waals surface area contributed by atoms with E-state index in [1.165, 1.54) is 6.20 Å². The van der Waals surface area contributed by atoms with Crippen LogP contribution in [-0.2, 0) is 6.42 Å². The van der Waals surface area contributed by atoms with Gasteiger partial charge < -0.3 is 9.32 Å². The Morgan fingerprint density at radius 3 is 3.05 bits per heavy atom. The van der Waals surface area contributed by atoms with Crippen molar-refractivity contribution in [3.05, 3.63) is 35.5 Å². The lowest BCUT2D eigenvalue weighted by molar-refractivity contribution is 0.0513. The van der Waals surface area contributed by atoms with E-state index >= 15 is 0 Å². The molecule has 0 aromatic carbocycles. The van der Waals surface area contributed by atoms with E-state index in [-0.39, 0.29) is 11.9 Å². The van der Waals surface area contributed by atoms with Gasteiger partial charge in [0.2, 0.25) is 0 Å². The Morgan fingerprint density at radius 2 is 2.38 bits per heavy atom. The molecule has 0 radical (unpaired) electrons. The van der Waals surface area contributed by atoms with Crippen molar-refractivity contribution in [2.24, 2.45) is 5.92 Å². The fraction of sp³-hybridized carbons (Fsp3) is 0.533. The smallest absolute Gasteiger partial charge is 0.276 e. The van der Waals surface area contributed by atoms with Gasteiger partial charge in [0.1, 0.15) is 11.5 Å². The number of amides is 1. The monoisotopic (exact) mass is 288 g/mol.